The molecule has 1 atom stereocenters. The Morgan fingerprint density at radius 3 is 2.83 bits per heavy atom. The first-order valence-electron chi connectivity index (χ1n) is 10.5. The highest BCUT2D eigenvalue weighted by Crippen LogP contribution is 2.24. The first-order valence-corrected chi connectivity index (χ1v) is 10.5. The minimum absolute atomic E-state index is 0.567. The van der Waals surface area contributed by atoms with Crippen molar-refractivity contribution < 1.29 is 9.84 Å². The second-order valence-electron chi connectivity index (χ2n) is 8.13. The van der Waals surface area contributed by atoms with Gasteiger partial charge >= 0.3 is 0 Å². The molecule has 0 unspecified atom stereocenters. The molecular weight excluding hydrogens is 366 g/mol. The van der Waals surface area contributed by atoms with Gasteiger partial charge in [-0.15, -0.1) is 0 Å². The van der Waals surface area contributed by atoms with Crippen molar-refractivity contribution in [2.45, 2.75) is 31.5 Å². The molecule has 156 valence electrons. The summed E-state index contributed by atoms with van der Waals surface area (Å²) in [6.45, 7) is 7.42. The number of rotatable bonds is 7. The first kappa shape index (κ1) is 20.2. The van der Waals surface area contributed by atoms with E-state index in [1.165, 1.54) is 11.1 Å². The third-order valence-corrected chi connectivity index (χ3v) is 5.71. The van der Waals surface area contributed by atoms with E-state index in [9.17, 15) is 5.11 Å². The van der Waals surface area contributed by atoms with E-state index in [0.717, 1.165) is 64.6 Å². The number of anilines is 1. The lowest BCUT2D eigenvalue weighted by atomic mass is 9.92. The van der Waals surface area contributed by atoms with Crippen LogP contribution in [0.3, 0.4) is 0 Å². The van der Waals surface area contributed by atoms with E-state index in [1.807, 2.05) is 0 Å². The Labute approximate surface area is 172 Å². The molecule has 1 aromatic carbocycles. The molecule has 3 heterocycles. The molecule has 0 bridgehead atoms. The maximum Gasteiger partial charge on any atom is 0.147 e. The molecule has 1 aromatic heterocycles. The van der Waals surface area contributed by atoms with Crippen LogP contribution in [0.25, 0.3) is 0 Å². The Morgan fingerprint density at radius 1 is 1.14 bits per heavy atom. The number of β-amino-alcohol motifs (C(OH)–C–C–N with tert-alkyl or cyclic N) is 1. The lowest BCUT2D eigenvalue weighted by Gasteiger charge is -2.39. The van der Waals surface area contributed by atoms with Gasteiger partial charge in [-0.25, -0.2) is 4.98 Å². The Balaban J connectivity index is 1.28. The van der Waals surface area contributed by atoms with Gasteiger partial charge < -0.3 is 20.1 Å². The molecule has 0 spiro atoms. The third-order valence-electron chi connectivity index (χ3n) is 5.71. The summed E-state index contributed by atoms with van der Waals surface area (Å²) >= 11 is 0. The van der Waals surface area contributed by atoms with Crippen LogP contribution in [0.1, 0.15) is 24.0 Å². The summed E-state index contributed by atoms with van der Waals surface area (Å²) in [5.41, 5.74) is 1.83. The standard InChI is InChI=1S/C22H31N5O2/c28-22(5-2-8-27(18-22)21-15-23-6-7-25-21)17-24-14-19-3-1-4-20(13-19)16-26-9-11-29-12-10-26/h1,3-4,6-7,13,15,24,28H,2,5,8-12,14,16-18H2/t22-/m0/s1. The van der Waals surface area contributed by atoms with Crippen LogP contribution >= 0.6 is 0 Å². The fourth-order valence-electron chi connectivity index (χ4n) is 4.20. The number of hydrogen-bond acceptors (Lipinski definition) is 7. The first-order chi connectivity index (χ1) is 14.2. The van der Waals surface area contributed by atoms with Gasteiger partial charge in [0.15, 0.2) is 0 Å². The zero-order chi connectivity index (χ0) is 19.9. The maximum atomic E-state index is 11.1. The molecular formula is C22H31N5O2. The summed E-state index contributed by atoms with van der Waals surface area (Å²) in [7, 11) is 0. The van der Waals surface area contributed by atoms with Gasteiger partial charge in [-0.2, -0.15) is 0 Å². The molecule has 2 aliphatic heterocycles. The lowest BCUT2D eigenvalue weighted by Crippen LogP contribution is -2.53. The predicted molar refractivity (Wildman–Crippen MR) is 113 cm³/mol. The smallest absolute Gasteiger partial charge is 0.147 e. The fraction of sp³-hybridized carbons (Fsp3) is 0.545. The fourth-order valence-corrected chi connectivity index (χ4v) is 4.20. The van der Waals surface area contributed by atoms with Crippen molar-refractivity contribution in [2.24, 2.45) is 0 Å². The summed E-state index contributed by atoms with van der Waals surface area (Å²) in [5.74, 6) is 0.835. The van der Waals surface area contributed by atoms with Gasteiger partial charge in [0, 0.05) is 58.2 Å². The Bertz CT molecular complexity index is 769. The average Bonchev–Trinajstić information content (AvgIpc) is 2.75. The van der Waals surface area contributed by atoms with Gasteiger partial charge in [-0.1, -0.05) is 24.3 Å². The van der Waals surface area contributed by atoms with E-state index in [0.29, 0.717) is 13.1 Å². The molecule has 29 heavy (non-hydrogen) atoms. The highest BCUT2D eigenvalue weighted by molar-refractivity contribution is 5.36. The lowest BCUT2D eigenvalue weighted by molar-refractivity contribution is 0.0258. The van der Waals surface area contributed by atoms with Crippen LogP contribution in [0.2, 0.25) is 0 Å². The van der Waals surface area contributed by atoms with Crippen molar-refractivity contribution in [2.75, 3.05) is 50.8 Å². The third kappa shape index (κ3) is 5.73. The van der Waals surface area contributed by atoms with Crippen molar-refractivity contribution in [3.63, 3.8) is 0 Å². The van der Waals surface area contributed by atoms with Crippen molar-refractivity contribution in [3.8, 4) is 0 Å². The maximum absolute atomic E-state index is 11.1. The van der Waals surface area contributed by atoms with E-state index in [2.05, 4.69) is 49.4 Å². The van der Waals surface area contributed by atoms with Crippen molar-refractivity contribution in [1.82, 2.24) is 20.2 Å². The van der Waals surface area contributed by atoms with E-state index < -0.39 is 5.60 Å². The number of hydrogen-bond donors (Lipinski definition) is 2. The molecule has 7 nitrogen and oxygen atoms in total. The number of benzene rings is 1. The number of aromatic nitrogens is 2. The second-order valence-corrected chi connectivity index (χ2v) is 8.13. The van der Waals surface area contributed by atoms with Gasteiger partial charge in [0.05, 0.1) is 25.0 Å². The molecule has 2 fully saturated rings. The Kier molecular flexibility index (Phi) is 6.71. The molecule has 0 saturated carbocycles. The molecule has 2 saturated heterocycles. The van der Waals surface area contributed by atoms with E-state index in [1.54, 1.807) is 18.6 Å². The van der Waals surface area contributed by atoms with Crippen LogP contribution in [0.4, 0.5) is 5.82 Å². The summed E-state index contributed by atoms with van der Waals surface area (Å²) in [6.07, 6.45) is 6.89. The zero-order valence-corrected chi connectivity index (χ0v) is 17.0. The van der Waals surface area contributed by atoms with Crippen LogP contribution in [0, 0.1) is 0 Å². The second kappa shape index (κ2) is 9.63. The van der Waals surface area contributed by atoms with Crippen LogP contribution in [0.15, 0.2) is 42.9 Å². The van der Waals surface area contributed by atoms with Crippen molar-refractivity contribution >= 4 is 5.82 Å². The van der Waals surface area contributed by atoms with Gasteiger partial charge in [-0.3, -0.25) is 9.88 Å². The zero-order valence-electron chi connectivity index (χ0n) is 17.0. The van der Waals surface area contributed by atoms with Crippen LogP contribution in [-0.2, 0) is 17.8 Å². The monoisotopic (exact) mass is 397 g/mol. The number of piperidine rings is 1. The highest BCUT2D eigenvalue weighted by atomic mass is 16.5. The molecule has 0 amide bonds. The van der Waals surface area contributed by atoms with Gasteiger partial charge in [0.2, 0.25) is 0 Å². The topological polar surface area (TPSA) is 73.8 Å². The van der Waals surface area contributed by atoms with E-state index in [4.69, 9.17) is 4.74 Å². The van der Waals surface area contributed by atoms with Crippen molar-refractivity contribution in [1.29, 1.82) is 0 Å². The Morgan fingerprint density at radius 2 is 2.00 bits per heavy atom. The summed E-state index contributed by atoms with van der Waals surface area (Å²) in [4.78, 5) is 13.1. The normalized spacial score (nSPS) is 23.3. The molecule has 2 aromatic rings. The van der Waals surface area contributed by atoms with Gasteiger partial charge in [0.1, 0.15) is 5.82 Å². The number of aliphatic hydroxyl groups is 1. The molecule has 0 aliphatic carbocycles. The molecule has 4 rings (SSSR count). The Hall–Kier alpha value is -2.06. The number of nitrogens with zero attached hydrogens (tertiary/aromatic N) is 4. The quantitative estimate of drug-likeness (QED) is 0.732. The molecule has 2 N–H and O–H groups in total. The minimum atomic E-state index is -0.749. The van der Waals surface area contributed by atoms with Gasteiger partial charge in [-0.05, 0) is 24.0 Å². The number of ether oxygens (including phenoxy) is 1. The SMILES string of the molecule is O[C@]1(CNCc2cccc(CN3CCOCC3)c2)CCCN(c2cnccn2)C1. The summed E-state index contributed by atoms with van der Waals surface area (Å²) in [5, 5.41) is 14.5. The van der Waals surface area contributed by atoms with Gasteiger partial charge in [0.25, 0.3) is 0 Å². The largest absolute Gasteiger partial charge is 0.387 e. The van der Waals surface area contributed by atoms with E-state index >= 15 is 0 Å². The van der Waals surface area contributed by atoms with Crippen LogP contribution < -0.4 is 10.2 Å². The molecule has 7 heteroatoms. The van der Waals surface area contributed by atoms with Crippen molar-refractivity contribution in [3.05, 3.63) is 54.0 Å². The van der Waals surface area contributed by atoms with E-state index in [-0.39, 0.29) is 0 Å². The summed E-state index contributed by atoms with van der Waals surface area (Å²) < 4.78 is 5.43. The molecule has 2 aliphatic rings. The predicted octanol–water partition coefficient (Wildman–Crippen LogP) is 1.43. The summed E-state index contributed by atoms with van der Waals surface area (Å²) in [6, 6.07) is 8.72. The average molecular weight is 398 g/mol. The van der Waals surface area contributed by atoms with Crippen LogP contribution in [0.5, 0.6) is 0 Å². The number of nitrogens with one attached hydrogen (secondary N) is 1. The van der Waals surface area contributed by atoms with Crippen LogP contribution in [-0.4, -0.2) is 71.5 Å². The number of morpholine rings is 1. The minimum Gasteiger partial charge on any atom is -0.387 e. The highest BCUT2D eigenvalue weighted by Gasteiger charge is 2.33. The molecule has 0 radical (unpaired) electrons.